The first-order valence-corrected chi connectivity index (χ1v) is 8.60. The van der Waals surface area contributed by atoms with E-state index in [1.54, 1.807) is 0 Å². The van der Waals surface area contributed by atoms with Crippen molar-refractivity contribution in [3.8, 4) is 11.1 Å². The Kier molecular flexibility index (Phi) is 3.99. The van der Waals surface area contributed by atoms with E-state index in [-0.39, 0.29) is 0 Å². The van der Waals surface area contributed by atoms with Crippen LogP contribution in [-0.4, -0.2) is 7.05 Å². The van der Waals surface area contributed by atoms with Crippen molar-refractivity contribution in [1.29, 1.82) is 0 Å². The third-order valence-electron chi connectivity index (χ3n) is 4.76. The highest BCUT2D eigenvalue weighted by Gasteiger charge is 2.05. The Bertz CT molecular complexity index is 998. The largest absolute Gasteiger partial charge is 0.345 e. The van der Waals surface area contributed by atoms with Gasteiger partial charge in [0.25, 0.3) is 0 Å². The average Bonchev–Trinajstić information content (AvgIpc) is 2.68. The van der Waals surface area contributed by atoms with E-state index in [0.717, 1.165) is 0 Å². The maximum absolute atomic E-state index is 2.26. The van der Waals surface area contributed by atoms with Crippen LogP contribution >= 0.6 is 0 Å². The summed E-state index contributed by atoms with van der Waals surface area (Å²) >= 11 is 0. The molecule has 0 aliphatic heterocycles. The second kappa shape index (κ2) is 6.45. The van der Waals surface area contributed by atoms with E-state index in [2.05, 4.69) is 110 Å². The van der Waals surface area contributed by atoms with Gasteiger partial charge < -0.3 is 4.90 Å². The van der Waals surface area contributed by atoms with Gasteiger partial charge in [-0.1, -0.05) is 66.2 Å². The Balaban J connectivity index is 1.63. The topological polar surface area (TPSA) is 3.24 Å². The molecule has 4 aromatic rings. The lowest BCUT2D eigenvalue weighted by Gasteiger charge is -2.20. The van der Waals surface area contributed by atoms with Gasteiger partial charge in [-0.2, -0.15) is 0 Å². The Morgan fingerprint density at radius 3 is 1.80 bits per heavy atom. The summed E-state index contributed by atoms with van der Waals surface area (Å²) in [5, 5.41) is 2.56. The molecule has 122 valence electrons. The van der Waals surface area contributed by atoms with Crippen molar-refractivity contribution >= 4 is 22.1 Å². The van der Waals surface area contributed by atoms with Crippen LogP contribution in [0.25, 0.3) is 21.9 Å². The molecule has 4 aromatic carbocycles. The summed E-state index contributed by atoms with van der Waals surface area (Å²) in [5.74, 6) is 0. The van der Waals surface area contributed by atoms with Crippen molar-refractivity contribution in [2.24, 2.45) is 0 Å². The summed E-state index contributed by atoms with van der Waals surface area (Å²) in [6.07, 6.45) is 0. The average molecular weight is 323 g/mol. The molecule has 0 bridgehead atoms. The molecular formula is C24H21N. The van der Waals surface area contributed by atoms with Gasteiger partial charge in [0.2, 0.25) is 0 Å². The minimum Gasteiger partial charge on any atom is -0.345 e. The van der Waals surface area contributed by atoms with Gasteiger partial charge in [0.05, 0.1) is 0 Å². The summed E-state index contributed by atoms with van der Waals surface area (Å²) in [6.45, 7) is 2.11. The van der Waals surface area contributed by atoms with Crippen LogP contribution in [-0.2, 0) is 0 Å². The molecule has 1 heteroatoms. The molecule has 0 aromatic heterocycles. The van der Waals surface area contributed by atoms with Crippen molar-refractivity contribution < 1.29 is 0 Å². The maximum Gasteiger partial charge on any atom is 0.0408 e. The highest BCUT2D eigenvalue weighted by atomic mass is 15.1. The molecule has 0 heterocycles. The summed E-state index contributed by atoms with van der Waals surface area (Å²) in [7, 11) is 2.11. The quantitative estimate of drug-likeness (QED) is 0.411. The van der Waals surface area contributed by atoms with Crippen LogP contribution in [0.2, 0.25) is 0 Å². The first-order valence-electron chi connectivity index (χ1n) is 8.60. The highest BCUT2D eigenvalue weighted by Crippen LogP contribution is 2.29. The van der Waals surface area contributed by atoms with Gasteiger partial charge in [0, 0.05) is 18.4 Å². The van der Waals surface area contributed by atoms with E-state index >= 15 is 0 Å². The summed E-state index contributed by atoms with van der Waals surface area (Å²) in [6, 6.07) is 32.5. The standard InChI is InChI=1S/C24H21N/c1-18-7-13-23(14-8-18)25(2)24-15-11-20(12-16-24)22-10-9-19-5-3-4-6-21(19)17-22/h3-17H,1-2H3. The van der Waals surface area contributed by atoms with Gasteiger partial charge in [-0.15, -0.1) is 0 Å². The zero-order chi connectivity index (χ0) is 17.2. The summed E-state index contributed by atoms with van der Waals surface area (Å²) in [4.78, 5) is 2.21. The fourth-order valence-electron chi connectivity index (χ4n) is 3.16. The molecule has 0 N–H and O–H groups in total. The Labute approximate surface area is 149 Å². The monoisotopic (exact) mass is 323 g/mol. The van der Waals surface area contributed by atoms with Crippen LogP contribution in [0.5, 0.6) is 0 Å². The predicted octanol–water partition coefficient (Wildman–Crippen LogP) is 6.58. The van der Waals surface area contributed by atoms with Crippen LogP contribution < -0.4 is 4.90 Å². The zero-order valence-corrected chi connectivity index (χ0v) is 14.6. The van der Waals surface area contributed by atoms with Crippen molar-refractivity contribution in [3.05, 3.63) is 96.6 Å². The minimum atomic E-state index is 1.19. The number of anilines is 2. The van der Waals surface area contributed by atoms with Crippen LogP contribution in [0.1, 0.15) is 5.56 Å². The lowest BCUT2D eigenvalue weighted by Crippen LogP contribution is -2.08. The van der Waals surface area contributed by atoms with E-state index in [4.69, 9.17) is 0 Å². The van der Waals surface area contributed by atoms with E-state index in [9.17, 15) is 0 Å². The number of nitrogens with zero attached hydrogens (tertiary/aromatic N) is 1. The second-order valence-electron chi connectivity index (χ2n) is 6.50. The van der Waals surface area contributed by atoms with Gasteiger partial charge in [-0.25, -0.2) is 0 Å². The Morgan fingerprint density at radius 2 is 1.12 bits per heavy atom. The molecule has 25 heavy (non-hydrogen) atoms. The number of aryl methyl sites for hydroxylation is 1. The molecule has 0 radical (unpaired) electrons. The number of benzene rings is 4. The fraction of sp³-hybridized carbons (Fsp3) is 0.0833. The lowest BCUT2D eigenvalue weighted by molar-refractivity contribution is 1.20. The Morgan fingerprint density at radius 1 is 0.560 bits per heavy atom. The third kappa shape index (κ3) is 3.14. The van der Waals surface area contributed by atoms with Gasteiger partial charge >= 0.3 is 0 Å². The first kappa shape index (κ1) is 15.5. The zero-order valence-electron chi connectivity index (χ0n) is 14.6. The smallest absolute Gasteiger partial charge is 0.0408 e. The summed E-state index contributed by atoms with van der Waals surface area (Å²) in [5.41, 5.74) is 6.16. The van der Waals surface area contributed by atoms with Crippen molar-refractivity contribution in [1.82, 2.24) is 0 Å². The van der Waals surface area contributed by atoms with Gasteiger partial charge in [-0.3, -0.25) is 0 Å². The van der Waals surface area contributed by atoms with Gasteiger partial charge in [0.15, 0.2) is 0 Å². The minimum absolute atomic E-state index is 1.19. The van der Waals surface area contributed by atoms with Crippen LogP contribution in [0.15, 0.2) is 91.0 Å². The molecule has 0 aliphatic rings. The SMILES string of the molecule is Cc1ccc(N(C)c2ccc(-c3ccc4ccccc4c3)cc2)cc1. The molecule has 0 amide bonds. The van der Waals surface area contributed by atoms with Crippen molar-refractivity contribution in [3.63, 3.8) is 0 Å². The predicted molar refractivity (Wildman–Crippen MR) is 109 cm³/mol. The number of hydrogen-bond acceptors (Lipinski definition) is 1. The summed E-state index contributed by atoms with van der Waals surface area (Å²) < 4.78 is 0. The van der Waals surface area contributed by atoms with Gasteiger partial charge in [-0.05, 0) is 59.2 Å². The lowest BCUT2D eigenvalue weighted by atomic mass is 10.0. The van der Waals surface area contributed by atoms with Crippen LogP contribution in [0, 0.1) is 6.92 Å². The molecule has 0 atom stereocenters. The molecule has 0 fully saturated rings. The third-order valence-corrected chi connectivity index (χ3v) is 4.76. The Hall–Kier alpha value is -3.06. The van der Waals surface area contributed by atoms with E-state index in [1.165, 1.54) is 38.8 Å². The maximum atomic E-state index is 2.26. The van der Waals surface area contributed by atoms with Crippen LogP contribution in [0.4, 0.5) is 11.4 Å². The molecule has 0 aliphatic carbocycles. The van der Waals surface area contributed by atoms with Crippen molar-refractivity contribution in [2.75, 3.05) is 11.9 Å². The molecule has 1 nitrogen and oxygen atoms in total. The molecule has 0 saturated carbocycles. The fourth-order valence-corrected chi connectivity index (χ4v) is 3.16. The van der Waals surface area contributed by atoms with Crippen LogP contribution in [0.3, 0.4) is 0 Å². The molecule has 4 rings (SSSR count). The van der Waals surface area contributed by atoms with Crippen molar-refractivity contribution in [2.45, 2.75) is 6.92 Å². The second-order valence-corrected chi connectivity index (χ2v) is 6.50. The number of fused-ring (bicyclic) bond motifs is 1. The van der Waals surface area contributed by atoms with Gasteiger partial charge in [0.1, 0.15) is 0 Å². The highest BCUT2D eigenvalue weighted by molar-refractivity contribution is 5.87. The first-order chi connectivity index (χ1) is 12.2. The number of rotatable bonds is 3. The molecule has 0 unspecified atom stereocenters. The molecular weight excluding hydrogens is 302 g/mol. The van der Waals surface area contributed by atoms with E-state index in [0.29, 0.717) is 0 Å². The number of hydrogen-bond donors (Lipinski definition) is 0. The van der Waals surface area contributed by atoms with E-state index in [1.807, 2.05) is 0 Å². The van der Waals surface area contributed by atoms with E-state index < -0.39 is 0 Å². The molecule has 0 spiro atoms. The molecule has 0 saturated heterocycles. The normalized spacial score (nSPS) is 10.8.